The van der Waals surface area contributed by atoms with E-state index in [1.807, 2.05) is 6.92 Å². The lowest BCUT2D eigenvalue weighted by Crippen LogP contribution is -2.51. The van der Waals surface area contributed by atoms with E-state index in [-0.39, 0.29) is 6.61 Å². The summed E-state index contributed by atoms with van der Waals surface area (Å²) >= 11 is 1.27. The van der Waals surface area contributed by atoms with Crippen molar-refractivity contribution in [2.75, 3.05) is 13.2 Å². The predicted octanol–water partition coefficient (Wildman–Crippen LogP) is 1.20. The first kappa shape index (κ1) is 17.7. The summed E-state index contributed by atoms with van der Waals surface area (Å²) < 4.78 is 15.8. The monoisotopic (exact) mass is 376 g/mol. The van der Waals surface area contributed by atoms with Gasteiger partial charge in [0.1, 0.15) is 11.5 Å². The number of carbonyl (C=O) groups is 3. The van der Waals surface area contributed by atoms with Gasteiger partial charge in [-0.15, -0.1) is 11.3 Å². The van der Waals surface area contributed by atoms with Crippen molar-refractivity contribution >= 4 is 29.1 Å². The van der Waals surface area contributed by atoms with Crippen LogP contribution in [0.15, 0.2) is 36.4 Å². The molecule has 1 aliphatic rings. The number of hydrogen-bond acceptors (Lipinski definition) is 7. The van der Waals surface area contributed by atoms with E-state index in [1.165, 1.54) is 11.3 Å². The number of aryl methyl sites for hydroxylation is 1. The molecule has 1 aromatic carbocycles. The zero-order valence-corrected chi connectivity index (χ0v) is 14.6. The molecule has 0 bridgehead atoms. The number of nitrogens with one attached hydrogen (secondary N) is 2. The van der Waals surface area contributed by atoms with Crippen molar-refractivity contribution in [2.24, 2.45) is 0 Å². The summed E-state index contributed by atoms with van der Waals surface area (Å²) in [4.78, 5) is 36.9. The molecule has 0 unspecified atom stereocenters. The van der Waals surface area contributed by atoms with Crippen LogP contribution in [0.1, 0.15) is 14.5 Å². The van der Waals surface area contributed by atoms with Gasteiger partial charge in [-0.3, -0.25) is 20.4 Å². The third-order valence-corrected chi connectivity index (χ3v) is 4.38. The highest BCUT2D eigenvalue weighted by Gasteiger charge is 2.27. The van der Waals surface area contributed by atoms with E-state index in [1.54, 1.807) is 36.4 Å². The van der Waals surface area contributed by atoms with Gasteiger partial charge in [0.15, 0.2) is 18.1 Å². The Bertz CT molecular complexity index is 834. The molecule has 0 spiro atoms. The molecular formula is C17H16N2O6S. The number of esters is 1. The summed E-state index contributed by atoms with van der Waals surface area (Å²) in [7, 11) is 0. The molecule has 1 atom stereocenters. The van der Waals surface area contributed by atoms with Crippen molar-refractivity contribution in [1.29, 1.82) is 0 Å². The Morgan fingerprint density at radius 1 is 1.15 bits per heavy atom. The second-order valence-corrected chi connectivity index (χ2v) is 6.68. The van der Waals surface area contributed by atoms with E-state index in [4.69, 9.17) is 14.2 Å². The largest absolute Gasteiger partial charge is 0.485 e. The number of rotatable bonds is 4. The average Bonchev–Trinajstić information content (AvgIpc) is 3.10. The van der Waals surface area contributed by atoms with Gasteiger partial charge in [-0.25, -0.2) is 4.79 Å². The summed E-state index contributed by atoms with van der Waals surface area (Å²) in [5.41, 5.74) is 4.39. The number of thiophene rings is 1. The van der Waals surface area contributed by atoms with Crippen LogP contribution in [0.3, 0.4) is 0 Å². The Balaban J connectivity index is 1.42. The minimum atomic E-state index is -0.901. The fourth-order valence-corrected chi connectivity index (χ4v) is 2.90. The molecule has 2 heterocycles. The van der Waals surface area contributed by atoms with Gasteiger partial charge in [0.05, 0.1) is 0 Å². The lowest BCUT2D eigenvalue weighted by atomic mass is 10.2. The molecule has 0 aliphatic carbocycles. The Morgan fingerprint density at radius 3 is 2.65 bits per heavy atom. The molecule has 8 nitrogen and oxygen atoms in total. The first-order valence-electron chi connectivity index (χ1n) is 7.73. The van der Waals surface area contributed by atoms with E-state index in [0.29, 0.717) is 16.4 Å². The van der Waals surface area contributed by atoms with Crippen LogP contribution >= 0.6 is 11.3 Å². The number of amides is 2. The Morgan fingerprint density at radius 2 is 1.92 bits per heavy atom. The van der Waals surface area contributed by atoms with Gasteiger partial charge in [-0.05, 0) is 31.2 Å². The second kappa shape index (κ2) is 7.87. The summed E-state index contributed by atoms with van der Waals surface area (Å²) in [6.45, 7) is 1.37. The van der Waals surface area contributed by atoms with Crippen molar-refractivity contribution < 1.29 is 28.6 Å². The molecule has 26 heavy (non-hydrogen) atoms. The standard InChI is InChI=1S/C17H16N2O6S/c1-10-6-7-14(26-10)17(22)24-9-15(20)18-19-16(21)13-8-23-11-4-2-3-5-12(11)25-13/h2-7,13H,8-9H2,1H3,(H,18,20)(H,19,21)/t13-/m1/s1. The number of hydrazine groups is 1. The number of benzene rings is 1. The van der Waals surface area contributed by atoms with Crippen molar-refractivity contribution in [1.82, 2.24) is 10.9 Å². The third kappa shape index (κ3) is 4.31. The smallest absolute Gasteiger partial charge is 0.348 e. The Kier molecular flexibility index (Phi) is 5.37. The third-order valence-electron chi connectivity index (χ3n) is 3.40. The molecule has 2 N–H and O–H groups in total. The summed E-state index contributed by atoms with van der Waals surface area (Å²) in [6, 6.07) is 10.4. The van der Waals surface area contributed by atoms with Crippen LogP contribution in [0.4, 0.5) is 0 Å². The molecule has 3 rings (SSSR count). The number of para-hydroxylation sites is 2. The molecule has 0 saturated heterocycles. The Hall–Kier alpha value is -3.07. The van der Waals surface area contributed by atoms with Gasteiger partial charge < -0.3 is 14.2 Å². The number of ether oxygens (including phenoxy) is 3. The van der Waals surface area contributed by atoms with Crippen molar-refractivity contribution in [3.8, 4) is 11.5 Å². The van der Waals surface area contributed by atoms with Gasteiger partial charge in [-0.2, -0.15) is 0 Å². The Labute approximate surface area is 153 Å². The van der Waals surface area contributed by atoms with Crippen LogP contribution in [0, 0.1) is 6.92 Å². The van der Waals surface area contributed by atoms with Gasteiger partial charge in [-0.1, -0.05) is 12.1 Å². The normalized spacial score (nSPS) is 15.0. The topological polar surface area (TPSA) is 103 Å². The average molecular weight is 376 g/mol. The molecule has 136 valence electrons. The van der Waals surface area contributed by atoms with Gasteiger partial charge >= 0.3 is 5.97 Å². The molecule has 2 aromatic rings. The molecule has 2 amide bonds. The number of carbonyl (C=O) groups excluding carboxylic acids is 3. The first-order chi connectivity index (χ1) is 12.5. The molecule has 1 aliphatic heterocycles. The summed E-state index contributed by atoms with van der Waals surface area (Å²) in [6.07, 6.45) is -0.901. The number of fused-ring (bicyclic) bond motifs is 1. The van der Waals surface area contributed by atoms with Gasteiger partial charge in [0.25, 0.3) is 11.8 Å². The van der Waals surface area contributed by atoms with E-state index in [0.717, 1.165) is 4.88 Å². The first-order valence-corrected chi connectivity index (χ1v) is 8.55. The molecule has 1 aromatic heterocycles. The van der Waals surface area contributed by atoms with E-state index >= 15 is 0 Å². The van der Waals surface area contributed by atoms with Crippen molar-refractivity contribution in [3.05, 3.63) is 46.2 Å². The maximum atomic E-state index is 12.0. The quantitative estimate of drug-likeness (QED) is 0.614. The maximum Gasteiger partial charge on any atom is 0.348 e. The van der Waals surface area contributed by atoms with Gasteiger partial charge in [0.2, 0.25) is 6.10 Å². The lowest BCUT2D eigenvalue weighted by Gasteiger charge is -2.25. The van der Waals surface area contributed by atoms with Crippen LogP contribution in [0.5, 0.6) is 11.5 Å². The van der Waals surface area contributed by atoms with Gasteiger partial charge in [0, 0.05) is 4.88 Å². The van der Waals surface area contributed by atoms with Crippen LogP contribution in [-0.2, 0) is 14.3 Å². The highest BCUT2D eigenvalue weighted by molar-refractivity contribution is 7.13. The van der Waals surface area contributed by atoms with Crippen molar-refractivity contribution in [2.45, 2.75) is 13.0 Å². The second-order valence-electron chi connectivity index (χ2n) is 5.39. The van der Waals surface area contributed by atoms with Crippen LogP contribution < -0.4 is 20.3 Å². The minimum Gasteiger partial charge on any atom is -0.485 e. The predicted molar refractivity (Wildman–Crippen MR) is 92.0 cm³/mol. The summed E-state index contributed by atoms with van der Waals surface area (Å²) in [5, 5.41) is 0. The van der Waals surface area contributed by atoms with Crippen molar-refractivity contribution in [3.63, 3.8) is 0 Å². The van der Waals surface area contributed by atoms with Crippen LogP contribution in [-0.4, -0.2) is 37.1 Å². The highest BCUT2D eigenvalue weighted by Crippen LogP contribution is 2.30. The highest BCUT2D eigenvalue weighted by atomic mass is 32.1. The zero-order valence-electron chi connectivity index (χ0n) is 13.8. The summed E-state index contributed by atoms with van der Waals surface area (Å²) in [5.74, 6) is -0.836. The minimum absolute atomic E-state index is 0.0193. The van der Waals surface area contributed by atoms with E-state index in [9.17, 15) is 14.4 Å². The number of hydrogen-bond donors (Lipinski definition) is 2. The van der Waals surface area contributed by atoms with Crippen LogP contribution in [0.25, 0.3) is 0 Å². The molecule has 0 saturated carbocycles. The zero-order chi connectivity index (χ0) is 18.5. The molecule has 0 radical (unpaired) electrons. The SMILES string of the molecule is Cc1ccc(C(=O)OCC(=O)NNC(=O)[C@H]2COc3ccccc3O2)s1. The lowest BCUT2D eigenvalue weighted by molar-refractivity contribution is -0.135. The van der Waals surface area contributed by atoms with E-state index < -0.39 is 30.5 Å². The van der Waals surface area contributed by atoms with E-state index in [2.05, 4.69) is 10.9 Å². The van der Waals surface area contributed by atoms with Crippen LogP contribution in [0.2, 0.25) is 0 Å². The fourth-order valence-electron chi connectivity index (χ4n) is 2.14. The maximum absolute atomic E-state index is 12.0. The molecule has 0 fully saturated rings. The molecular weight excluding hydrogens is 360 g/mol. The fraction of sp³-hybridized carbons (Fsp3) is 0.235. The molecule has 9 heteroatoms.